The zero-order valence-electron chi connectivity index (χ0n) is 13.8. The maximum atomic E-state index is 12.8. The number of halogens is 1. The highest BCUT2D eigenvalue weighted by atomic mass is 35.5. The summed E-state index contributed by atoms with van der Waals surface area (Å²) < 4.78 is 0. The minimum Gasteiger partial charge on any atom is -0.341 e. The Hall–Kier alpha value is -1.40. The molecular formula is C16H24ClN5O. The van der Waals surface area contributed by atoms with E-state index in [1.54, 1.807) is 6.20 Å². The number of aromatic nitrogens is 2. The molecule has 3 heterocycles. The Bertz CT molecular complexity index is 566. The van der Waals surface area contributed by atoms with E-state index in [9.17, 15) is 4.79 Å². The highest BCUT2D eigenvalue weighted by Gasteiger charge is 2.27. The van der Waals surface area contributed by atoms with Gasteiger partial charge in [-0.1, -0.05) is 11.6 Å². The van der Waals surface area contributed by atoms with Crippen molar-refractivity contribution < 1.29 is 4.79 Å². The molecule has 0 aromatic carbocycles. The summed E-state index contributed by atoms with van der Waals surface area (Å²) >= 11 is 6.20. The lowest BCUT2D eigenvalue weighted by molar-refractivity contribution is 0.0657. The van der Waals surface area contributed by atoms with Gasteiger partial charge in [-0.05, 0) is 39.8 Å². The van der Waals surface area contributed by atoms with Crippen LogP contribution in [-0.2, 0) is 0 Å². The molecule has 2 saturated heterocycles. The molecule has 2 aliphatic rings. The number of hydrogen-bond acceptors (Lipinski definition) is 5. The molecule has 0 bridgehead atoms. The summed E-state index contributed by atoms with van der Waals surface area (Å²) in [6, 6.07) is 0.542. The fraction of sp³-hybridized carbons (Fsp3) is 0.688. The monoisotopic (exact) mass is 337 g/mol. The molecule has 7 heteroatoms. The largest absolute Gasteiger partial charge is 0.341 e. The van der Waals surface area contributed by atoms with Gasteiger partial charge in [0.05, 0.1) is 11.2 Å². The van der Waals surface area contributed by atoms with Gasteiger partial charge in [-0.3, -0.25) is 4.79 Å². The van der Waals surface area contributed by atoms with Crippen molar-refractivity contribution in [3.8, 4) is 0 Å². The molecule has 2 aliphatic heterocycles. The maximum Gasteiger partial charge on any atom is 0.274 e. The van der Waals surface area contributed by atoms with Gasteiger partial charge in [-0.15, -0.1) is 0 Å². The molecular weight excluding hydrogens is 314 g/mol. The second-order valence-electron chi connectivity index (χ2n) is 6.55. The molecule has 2 fully saturated rings. The van der Waals surface area contributed by atoms with Crippen LogP contribution in [0.5, 0.6) is 0 Å². The van der Waals surface area contributed by atoms with Crippen molar-refractivity contribution in [1.82, 2.24) is 19.8 Å². The first-order chi connectivity index (χ1) is 11.1. The zero-order chi connectivity index (χ0) is 16.4. The molecule has 23 heavy (non-hydrogen) atoms. The average molecular weight is 338 g/mol. The number of carbonyl (C=O) groups excluding carboxylic acids is 1. The molecule has 6 nitrogen and oxygen atoms in total. The Morgan fingerprint density at radius 2 is 1.87 bits per heavy atom. The van der Waals surface area contributed by atoms with E-state index in [2.05, 4.69) is 33.9 Å². The lowest BCUT2D eigenvalue weighted by Crippen LogP contribution is -2.44. The van der Waals surface area contributed by atoms with E-state index in [1.807, 2.05) is 4.90 Å². The lowest BCUT2D eigenvalue weighted by Gasteiger charge is -2.35. The third-order valence-corrected chi connectivity index (χ3v) is 5.08. The van der Waals surface area contributed by atoms with Crippen LogP contribution in [0.2, 0.25) is 5.02 Å². The SMILES string of the molecule is CN(C)C1CCN(C(=O)c2nc(N3CCCC3)ncc2Cl)CC1. The van der Waals surface area contributed by atoms with Crippen LogP contribution in [0.25, 0.3) is 0 Å². The van der Waals surface area contributed by atoms with Crippen LogP contribution in [0.15, 0.2) is 6.20 Å². The van der Waals surface area contributed by atoms with Gasteiger partial charge in [0, 0.05) is 32.2 Å². The van der Waals surface area contributed by atoms with Crippen molar-refractivity contribution in [2.45, 2.75) is 31.7 Å². The van der Waals surface area contributed by atoms with Crippen LogP contribution in [0.3, 0.4) is 0 Å². The molecule has 1 amide bonds. The minimum absolute atomic E-state index is 0.0740. The van der Waals surface area contributed by atoms with Gasteiger partial charge in [0.15, 0.2) is 5.69 Å². The van der Waals surface area contributed by atoms with Crippen LogP contribution in [0.1, 0.15) is 36.2 Å². The van der Waals surface area contributed by atoms with Gasteiger partial charge in [-0.2, -0.15) is 0 Å². The van der Waals surface area contributed by atoms with Crippen LogP contribution in [0, 0.1) is 0 Å². The third-order valence-electron chi connectivity index (χ3n) is 4.80. The predicted molar refractivity (Wildman–Crippen MR) is 91.1 cm³/mol. The van der Waals surface area contributed by atoms with Gasteiger partial charge < -0.3 is 14.7 Å². The number of rotatable bonds is 3. The topological polar surface area (TPSA) is 52.6 Å². The van der Waals surface area contributed by atoms with Crippen LogP contribution in [-0.4, -0.2) is 72.0 Å². The summed E-state index contributed by atoms with van der Waals surface area (Å²) in [7, 11) is 4.18. The van der Waals surface area contributed by atoms with Crippen LogP contribution in [0.4, 0.5) is 5.95 Å². The molecule has 1 aromatic rings. The molecule has 0 radical (unpaired) electrons. The molecule has 0 saturated carbocycles. The standard InChI is InChI=1S/C16H24ClN5O/c1-20(2)12-5-9-21(10-6-12)15(23)14-13(17)11-18-16(19-14)22-7-3-4-8-22/h11-12H,3-10H2,1-2H3. The van der Waals surface area contributed by atoms with Crippen molar-refractivity contribution in [2.24, 2.45) is 0 Å². The van der Waals surface area contributed by atoms with Crippen LogP contribution < -0.4 is 4.90 Å². The van der Waals surface area contributed by atoms with Crippen LogP contribution >= 0.6 is 11.6 Å². The predicted octanol–water partition coefficient (Wildman–Crippen LogP) is 1.90. The second-order valence-corrected chi connectivity index (χ2v) is 6.95. The number of carbonyl (C=O) groups is 1. The van der Waals surface area contributed by atoms with Crippen molar-refractivity contribution in [2.75, 3.05) is 45.2 Å². The molecule has 1 aromatic heterocycles. The number of anilines is 1. The third kappa shape index (κ3) is 3.58. The Morgan fingerprint density at radius 1 is 1.22 bits per heavy atom. The van der Waals surface area contributed by atoms with Gasteiger partial charge in [-0.25, -0.2) is 9.97 Å². The summed E-state index contributed by atoms with van der Waals surface area (Å²) in [5.74, 6) is 0.550. The van der Waals surface area contributed by atoms with Crippen molar-refractivity contribution in [3.05, 3.63) is 16.9 Å². The number of hydrogen-bond donors (Lipinski definition) is 0. The fourth-order valence-electron chi connectivity index (χ4n) is 3.31. The van der Waals surface area contributed by atoms with Gasteiger partial charge in [0.2, 0.25) is 5.95 Å². The summed E-state index contributed by atoms with van der Waals surface area (Å²) in [6.45, 7) is 3.40. The summed E-state index contributed by atoms with van der Waals surface area (Å²) in [4.78, 5) is 27.7. The Kier molecular flexibility index (Phi) is 5.02. The highest BCUT2D eigenvalue weighted by molar-refractivity contribution is 6.33. The maximum absolute atomic E-state index is 12.8. The second kappa shape index (κ2) is 7.01. The average Bonchev–Trinajstić information content (AvgIpc) is 3.09. The molecule has 0 atom stereocenters. The Morgan fingerprint density at radius 3 is 2.48 bits per heavy atom. The summed E-state index contributed by atoms with van der Waals surface area (Å²) in [5.41, 5.74) is 0.340. The molecule has 0 unspecified atom stereocenters. The Balaban J connectivity index is 1.73. The van der Waals surface area contributed by atoms with Crippen molar-refractivity contribution in [1.29, 1.82) is 0 Å². The summed E-state index contributed by atoms with van der Waals surface area (Å²) in [5, 5.41) is 0.340. The quantitative estimate of drug-likeness (QED) is 0.843. The van der Waals surface area contributed by atoms with E-state index in [4.69, 9.17) is 11.6 Å². The van der Waals surface area contributed by atoms with Gasteiger partial charge >= 0.3 is 0 Å². The number of likely N-dealkylation sites (tertiary alicyclic amines) is 1. The highest BCUT2D eigenvalue weighted by Crippen LogP contribution is 2.23. The first-order valence-electron chi connectivity index (χ1n) is 8.29. The van der Waals surface area contributed by atoms with E-state index in [-0.39, 0.29) is 5.91 Å². The lowest BCUT2D eigenvalue weighted by atomic mass is 10.0. The van der Waals surface area contributed by atoms with E-state index >= 15 is 0 Å². The first kappa shape index (κ1) is 16.5. The molecule has 0 N–H and O–H groups in total. The van der Waals surface area contributed by atoms with Gasteiger partial charge in [0.1, 0.15) is 0 Å². The van der Waals surface area contributed by atoms with Gasteiger partial charge in [0.25, 0.3) is 5.91 Å². The fourth-order valence-corrected chi connectivity index (χ4v) is 3.48. The van der Waals surface area contributed by atoms with E-state index in [0.717, 1.165) is 51.9 Å². The minimum atomic E-state index is -0.0740. The zero-order valence-corrected chi connectivity index (χ0v) is 14.6. The first-order valence-corrected chi connectivity index (χ1v) is 8.67. The van der Waals surface area contributed by atoms with Crippen molar-refractivity contribution >= 4 is 23.5 Å². The molecule has 3 rings (SSSR count). The smallest absolute Gasteiger partial charge is 0.274 e. The van der Waals surface area contributed by atoms with E-state index in [1.165, 1.54) is 0 Å². The molecule has 0 spiro atoms. The number of amides is 1. The van der Waals surface area contributed by atoms with Crippen molar-refractivity contribution in [3.63, 3.8) is 0 Å². The van der Waals surface area contributed by atoms with E-state index < -0.39 is 0 Å². The number of piperidine rings is 1. The number of nitrogens with zero attached hydrogens (tertiary/aromatic N) is 5. The summed E-state index contributed by atoms with van der Waals surface area (Å²) in [6.07, 6.45) is 5.82. The molecule has 126 valence electrons. The normalized spacial score (nSPS) is 19.7. The molecule has 0 aliphatic carbocycles. The Labute approximate surface area is 142 Å². The van der Waals surface area contributed by atoms with E-state index in [0.29, 0.717) is 22.7 Å².